The number of rotatable bonds is 0. The molecule has 0 saturated carbocycles. The second-order valence-corrected chi connectivity index (χ2v) is 4.25. The van der Waals surface area contributed by atoms with E-state index in [0.29, 0.717) is 10.5 Å². The van der Waals surface area contributed by atoms with Crippen molar-refractivity contribution in [1.29, 1.82) is 0 Å². The predicted octanol–water partition coefficient (Wildman–Crippen LogP) is 0.869. The second kappa shape index (κ2) is 1.67. The van der Waals surface area contributed by atoms with Crippen LogP contribution in [0.4, 0.5) is 0 Å². The summed E-state index contributed by atoms with van der Waals surface area (Å²) in [5, 5.41) is 3.36. The summed E-state index contributed by atoms with van der Waals surface area (Å²) in [6, 6.07) is 0. The molecule has 1 aliphatic rings. The molecule has 0 bridgehead atoms. The Bertz CT molecular complexity index is 388. The van der Waals surface area contributed by atoms with Crippen molar-refractivity contribution in [3.8, 4) is 0 Å². The lowest BCUT2D eigenvalue weighted by atomic mass is 10.4. The van der Waals surface area contributed by atoms with E-state index in [0.717, 1.165) is 0 Å². The molecule has 1 aromatic heterocycles. The van der Waals surface area contributed by atoms with Crippen molar-refractivity contribution in [3.05, 3.63) is 16.3 Å². The van der Waals surface area contributed by atoms with Crippen molar-refractivity contribution >= 4 is 27.6 Å². The normalized spacial score (nSPS) is 19.2. The molecule has 0 fully saturated rings. The molecular formula is C5H3NO2S2. The Labute approximate surface area is 62.1 Å². The first-order valence-electron chi connectivity index (χ1n) is 2.57. The molecule has 2 rings (SSSR count). The van der Waals surface area contributed by atoms with Gasteiger partial charge in [-0.25, -0.2) is 0 Å². The van der Waals surface area contributed by atoms with Gasteiger partial charge in [0.15, 0.2) is 0 Å². The van der Waals surface area contributed by atoms with Gasteiger partial charge < -0.3 is 0 Å². The number of thiophene rings is 1. The standard InChI is InChI=1S/C5H3NO2S2/c7-10(8)5-3-9-2-4(5)1-6-10/h1-3H. The molecule has 0 atom stereocenters. The Morgan fingerprint density at radius 1 is 1.40 bits per heavy atom. The van der Waals surface area contributed by atoms with Gasteiger partial charge in [0.1, 0.15) is 4.90 Å². The van der Waals surface area contributed by atoms with E-state index in [9.17, 15) is 8.42 Å². The van der Waals surface area contributed by atoms with Crippen LogP contribution in [0, 0.1) is 0 Å². The lowest BCUT2D eigenvalue weighted by Gasteiger charge is -1.83. The number of hydrogen-bond acceptors (Lipinski definition) is 3. The van der Waals surface area contributed by atoms with Crippen molar-refractivity contribution in [3.63, 3.8) is 0 Å². The van der Waals surface area contributed by atoms with Gasteiger partial charge in [-0.15, -0.1) is 0 Å². The van der Waals surface area contributed by atoms with Crippen LogP contribution in [0.5, 0.6) is 0 Å². The fourth-order valence-electron chi connectivity index (χ4n) is 0.782. The Hall–Kier alpha value is -0.680. The number of nitrogens with zero attached hydrogens (tertiary/aromatic N) is 1. The summed E-state index contributed by atoms with van der Waals surface area (Å²) in [4.78, 5) is 0.345. The first kappa shape index (κ1) is 6.06. The third-order valence-corrected chi connectivity index (χ3v) is 3.47. The first-order valence-corrected chi connectivity index (χ1v) is 4.95. The SMILES string of the molecule is O=S1(=O)N=Cc2cscc21. The summed E-state index contributed by atoms with van der Waals surface area (Å²) in [7, 11) is -3.28. The van der Waals surface area contributed by atoms with Crippen LogP contribution >= 0.6 is 11.3 Å². The van der Waals surface area contributed by atoms with Crippen LogP contribution in [0.3, 0.4) is 0 Å². The number of sulfonamides is 1. The molecule has 0 aliphatic carbocycles. The molecule has 0 saturated heterocycles. The van der Waals surface area contributed by atoms with Crippen molar-refractivity contribution in [2.75, 3.05) is 0 Å². The zero-order valence-electron chi connectivity index (χ0n) is 4.81. The molecule has 10 heavy (non-hydrogen) atoms. The van der Waals surface area contributed by atoms with E-state index < -0.39 is 10.0 Å². The van der Waals surface area contributed by atoms with Gasteiger partial charge in [-0.3, -0.25) is 0 Å². The van der Waals surface area contributed by atoms with Crippen LogP contribution < -0.4 is 0 Å². The molecule has 0 radical (unpaired) electrons. The van der Waals surface area contributed by atoms with E-state index in [-0.39, 0.29) is 0 Å². The molecule has 0 spiro atoms. The molecular weight excluding hydrogens is 170 g/mol. The molecule has 1 aromatic rings. The fraction of sp³-hybridized carbons (Fsp3) is 0. The molecule has 52 valence electrons. The monoisotopic (exact) mass is 173 g/mol. The predicted molar refractivity (Wildman–Crippen MR) is 39.1 cm³/mol. The maximum absolute atomic E-state index is 10.9. The van der Waals surface area contributed by atoms with Crippen LogP contribution in [0.2, 0.25) is 0 Å². The lowest BCUT2D eigenvalue weighted by Crippen LogP contribution is -1.88. The number of fused-ring (bicyclic) bond motifs is 1. The van der Waals surface area contributed by atoms with Crippen LogP contribution in [0.1, 0.15) is 5.56 Å². The maximum atomic E-state index is 10.9. The average Bonchev–Trinajstić information content (AvgIpc) is 2.36. The summed E-state index contributed by atoms with van der Waals surface area (Å²) in [5.74, 6) is 0. The summed E-state index contributed by atoms with van der Waals surface area (Å²) < 4.78 is 25.2. The van der Waals surface area contributed by atoms with Gasteiger partial charge in [-0.05, 0) is 0 Å². The highest BCUT2D eigenvalue weighted by molar-refractivity contribution is 7.90. The smallest absolute Gasteiger partial charge is 0.199 e. The van der Waals surface area contributed by atoms with E-state index in [4.69, 9.17) is 0 Å². The van der Waals surface area contributed by atoms with Crippen LogP contribution in [0.25, 0.3) is 0 Å². The fourth-order valence-corrected chi connectivity index (χ4v) is 2.95. The lowest BCUT2D eigenvalue weighted by molar-refractivity contribution is 0.599. The summed E-state index contributed by atoms with van der Waals surface area (Å²) in [6.45, 7) is 0. The minimum atomic E-state index is -3.28. The molecule has 2 heterocycles. The van der Waals surface area contributed by atoms with Crippen molar-refractivity contribution in [2.45, 2.75) is 4.90 Å². The zero-order valence-corrected chi connectivity index (χ0v) is 6.45. The van der Waals surface area contributed by atoms with E-state index in [1.54, 1.807) is 10.8 Å². The quantitative estimate of drug-likeness (QED) is 0.584. The third-order valence-electron chi connectivity index (χ3n) is 1.26. The van der Waals surface area contributed by atoms with Crippen molar-refractivity contribution in [1.82, 2.24) is 0 Å². The first-order chi connectivity index (χ1) is 4.70. The van der Waals surface area contributed by atoms with Gasteiger partial charge in [-0.1, -0.05) is 0 Å². The largest absolute Gasteiger partial charge is 0.283 e. The molecule has 3 nitrogen and oxygen atoms in total. The molecule has 1 aliphatic heterocycles. The maximum Gasteiger partial charge on any atom is 0.283 e. The third kappa shape index (κ3) is 0.643. The molecule has 0 amide bonds. The second-order valence-electron chi connectivity index (χ2n) is 1.90. The van der Waals surface area contributed by atoms with Gasteiger partial charge in [0.2, 0.25) is 0 Å². The Kier molecular flexibility index (Phi) is 1.01. The highest BCUT2D eigenvalue weighted by atomic mass is 32.2. The van der Waals surface area contributed by atoms with Crippen molar-refractivity contribution in [2.24, 2.45) is 4.40 Å². The van der Waals surface area contributed by atoms with E-state index in [1.807, 2.05) is 0 Å². The van der Waals surface area contributed by atoms with Gasteiger partial charge in [0.05, 0.1) is 0 Å². The van der Waals surface area contributed by atoms with Gasteiger partial charge in [0, 0.05) is 22.5 Å². The molecule has 0 aromatic carbocycles. The molecule has 0 unspecified atom stereocenters. The van der Waals surface area contributed by atoms with Gasteiger partial charge >= 0.3 is 0 Å². The minimum absolute atomic E-state index is 0.345. The number of hydrogen-bond donors (Lipinski definition) is 0. The highest BCUT2D eigenvalue weighted by Crippen LogP contribution is 2.25. The van der Waals surface area contributed by atoms with Gasteiger partial charge in [0.25, 0.3) is 10.0 Å². The van der Waals surface area contributed by atoms with Crippen molar-refractivity contribution < 1.29 is 8.42 Å². The summed E-state index contributed by atoms with van der Waals surface area (Å²) in [6.07, 6.45) is 1.38. The minimum Gasteiger partial charge on any atom is -0.199 e. The Morgan fingerprint density at radius 2 is 2.20 bits per heavy atom. The van der Waals surface area contributed by atoms with Crippen LogP contribution in [-0.4, -0.2) is 14.6 Å². The van der Waals surface area contributed by atoms with Crippen LogP contribution in [0.15, 0.2) is 20.1 Å². The van der Waals surface area contributed by atoms with E-state index >= 15 is 0 Å². The Balaban J connectivity index is 2.88. The zero-order chi connectivity index (χ0) is 7.19. The van der Waals surface area contributed by atoms with Crippen LogP contribution in [-0.2, 0) is 10.0 Å². The summed E-state index contributed by atoms with van der Waals surface area (Å²) >= 11 is 1.37. The Morgan fingerprint density at radius 3 is 2.90 bits per heavy atom. The van der Waals surface area contributed by atoms with Gasteiger partial charge in [-0.2, -0.15) is 24.2 Å². The molecule has 0 N–H and O–H groups in total. The summed E-state index contributed by atoms with van der Waals surface area (Å²) in [5.41, 5.74) is 0.713. The van der Waals surface area contributed by atoms with E-state index in [1.165, 1.54) is 17.6 Å². The van der Waals surface area contributed by atoms with E-state index in [2.05, 4.69) is 4.40 Å². The molecule has 5 heteroatoms. The average molecular weight is 173 g/mol. The topological polar surface area (TPSA) is 46.5 Å². The highest BCUT2D eigenvalue weighted by Gasteiger charge is 2.22.